The van der Waals surface area contributed by atoms with Crippen LogP contribution in [0.4, 0.5) is 8.78 Å². The molecule has 0 bridgehead atoms. The Morgan fingerprint density at radius 2 is 0.511 bits per heavy atom. The highest BCUT2D eigenvalue weighted by atomic mass is 127. The van der Waals surface area contributed by atoms with Gasteiger partial charge >= 0.3 is 0 Å². The van der Waals surface area contributed by atoms with Gasteiger partial charge in [-0.2, -0.15) is 0 Å². The molecule has 0 amide bonds. The maximum Gasteiger partial charge on any atom is 0.150 e. The van der Waals surface area contributed by atoms with Gasteiger partial charge in [-0.25, -0.2) is 18.0 Å². The molecule has 0 radical (unpaired) electrons. The number of rotatable bonds is 60. The van der Waals surface area contributed by atoms with Gasteiger partial charge in [0.1, 0.15) is 33.7 Å². The largest absolute Gasteiger partial charge is 0.243 e. The Labute approximate surface area is 595 Å². The highest BCUT2D eigenvalue weighted by molar-refractivity contribution is 14.1. The quantitative estimate of drug-likeness (QED) is 0.0285. The zero-order valence-corrected chi connectivity index (χ0v) is 64.4. The lowest BCUT2D eigenvalue weighted by atomic mass is 9.68. The van der Waals surface area contributed by atoms with E-state index in [4.69, 9.17) is 9.26 Å². The molecule has 0 saturated heterocycles. The first-order valence-electron chi connectivity index (χ1n) is 40.8. The third-order valence-corrected chi connectivity index (χ3v) is 24.1. The number of hydrogen-bond acceptors (Lipinski definition) is 6. The minimum Gasteiger partial charge on any atom is -0.243 e. The first-order chi connectivity index (χ1) is 46.3. The number of nitrogens with zero attached hydrogens (tertiary/aromatic N) is 4. The van der Waals surface area contributed by atoms with Crippen molar-refractivity contribution < 1.29 is 18.0 Å². The van der Waals surface area contributed by atoms with Crippen molar-refractivity contribution in [3.05, 3.63) is 54.1 Å². The fraction of sp³-hybridized carbons (Fsp3) is 0.786. The fourth-order valence-electron chi connectivity index (χ4n) is 17.2. The topological polar surface area (TPSA) is 77.8 Å². The smallest absolute Gasteiger partial charge is 0.150 e. The van der Waals surface area contributed by atoms with Crippen LogP contribution < -0.4 is 0 Å². The van der Waals surface area contributed by atoms with E-state index in [0.29, 0.717) is 55.4 Å². The van der Waals surface area contributed by atoms with E-state index in [2.05, 4.69) is 99.0 Å². The highest BCUT2D eigenvalue weighted by Crippen LogP contribution is 2.65. The van der Waals surface area contributed by atoms with E-state index < -0.39 is 10.8 Å². The Bertz CT molecular complexity index is 2590. The predicted octanol–water partition coefficient (Wildman–Crippen LogP) is 30.4. The number of benzene rings is 3. The van der Waals surface area contributed by atoms with Crippen molar-refractivity contribution >= 4 is 60.6 Å². The summed E-state index contributed by atoms with van der Waals surface area (Å²) >= 11 is 6.34. The van der Waals surface area contributed by atoms with Crippen LogP contribution in [0.1, 0.15) is 435 Å². The summed E-state index contributed by atoms with van der Waals surface area (Å²) in [5.41, 5.74) is 6.08. The van der Waals surface area contributed by atoms with Gasteiger partial charge < -0.3 is 0 Å². The maximum atomic E-state index is 20.0. The zero-order chi connectivity index (χ0) is 66.3. The monoisotopic (exact) mass is 1470 g/mol. The molecule has 3 aromatic carbocycles. The standard InChI is InChI=1S/C84H134BrF2IN4O2/c1-5-9-13-17-21-25-29-33-37-41-45-49-53-57-61-83(62-58-54-50-46-42-38-34-30-26-22-18-14-10-6-2)67-65-69(85)79-81(91-93-89-79)71(67)73-75(83)78(87)74-72-68(66-70(88)80-82(72)92-94-90-80)84(76(74)77(73)86,63-59-55-51-47-43-39-35-31-27-23-19-15-11-7-3)64-60-56-52-48-44-40-36-32-28-24-20-16-12-8-4/h65-66H,5-64H2,1-4H3. The molecule has 530 valence electrons. The molecular formula is C84H134BrF2IN4O2. The lowest BCUT2D eigenvalue weighted by Gasteiger charge is -2.35. The van der Waals surface area contributed by atoms with E-state index in [9.17, 15) is 0 Å². The molecule has 0 aliphatic heterocycles. The minimum absolute atomic E-state index is 0.269. The summed E-state index contributed by atoms with van der Waals surface area (Å²) in [4.78, 5) is 0. The molecule has 10 heteroatoms. The van der Waals surface area contributed by atoms with Crippen LogP contribution in [0.15, 0.2) is 25.9 Å². The number of aromatic nitrogens is 4. The summed E-state index contributed by atoms with van der Waals surface area (Å²) in [7, 11) is 0. The van der Waals surface area contributed by atoms with Crippen molar-refractivity contribution in [2.24, 2.45) is 0 Å². The van der Waals surface area contributed by atoms with Gasteiger partial charge in [0.15, 0.2) is 0 Å². The van der Waals surface area contributed by atoms with Crippen LogP contribution in [0.3, 0.4) is 0 Å². The lowest BCUT2D eigenvalue weighted by molar-refractivity contribution is 0.315. The number of fused-ring (bicyclic) bond motifs is 10. The SMILES string of the molecule is CCCCCCCCCCCCCCCCC1(CCCCCCCCCCCCCCCC)c2cc(Br)c3nonc3c2-c2c(F)c3c(c(F)c21)-c1c(cc(I)c2nonc12)C3(CCCCCCCCCCCCCCCC)CCCCCCCCCCCCCCCC. The first-order valence-corrected chi connectivity index (χ1v) is 42.6. The lowest BCUT2D eigenvalue weighted by Crippen LogP contribution is -2.29. The van der Waals surface area contributed by atoms with Crippen LogP contribution in [0, 0.1) is 15.2 Å². The highest BCUT2D eigenvalue weighted by Gasteiger charge is 2.55. The van der Waals surface area contributed by atoms with Crippen LogP contribution in [-0.4, -0.2) is 20.6 Å². The van der Waals surface area contributed by atoms with Crippen molar-refractivity contribution in [1.82, 2.24) is 20.6 Å². The summed E-state index contributed by atoms with van der Waals surface area (Å²) in [6, 6.07) is 4.41. The number of hydrogen-bond donors (Lipinski definition) is 0. The molecule has 2 aromatic heterocycles. The molecule has 2 heterocycles. The first kappa shape index (κ1) is 78.9. The summed E-state index contributed by atoms with van der Waals surface area (Å²) in [6.07, 6.45) is 74.4. The van der Waals surface area contributed by atoms with E-state index in [1.807, 2.05) is 0 Å². The average Bonchev–Trinajstić information content (AvgIpc) is 1.50. The minimum atomic E-state index is -0.784. The number of unbranched alkanes of at least 4 members (excludes halogenated alkanes) is 52. The second kappa shape index (κ2) is 46.1. The predicted molar refractivity (Wildman–Crippen MR) is 410 cm³/mol. The van der Waals surface area contributed by atoms with E-state index >= 15 is 8.78 Å². The van der Waals surface area contributed by atoms with Crippen LogP contribution >= 0.6 is 38.5 Å². The molecule has 6 nitrogen and oxygen atoms in total. The molecule has 0 fully saturated rings. The number of halogens is 4. The van der Waals surface area contributed by atoms with E-state index in [0.717, 1.165) is 122 Å². The van der Waals surface area contributed by atoms with Gasteiger partial charge in [0.2, 0.25) is 0 Å². The van der Waals surface area contributed by atoms with Gasteiger partial charge in [-0.1, -0.05) is 387 Å². The molecule has 94 heavy (non-hydrogen) atoms. The van der Waals surface area contributed by atoms with E-state index in [1.54, 1.807) is 0 Å². The van der Waals surface area contributed by atoms with Crippen LogP contribution in [0.5, 0.6) is 0 Å². The molecule has 0 spiro atoms. The molecular weight excluding hydrogens is 1340 g/mol. The third kappa shape index (κ3) is 23.3. The molecule has 2 aliphatic rings. The van der Waals surface area contributed by atoms with Crippen molar-refractivity contribution in [2.45, 2.75) is 424 Å². The summed E-state index contributed by atoms with van der Waals surface area (Å²) in [5, 5.41) is 18.3. The van der Waals surface area contributed by atoms with Crippen LogP contribution in [-0.2, 0) is 10.8 Å². The molecule has 0 N–H and O–H groups in total. The van der Waals surface area contributed by atoms with Gasteiger partial charge in [-0.05, 0) is 108 Å². The van der Waals surface area contributed by atoms with E-state index in [-0.39, 0.29) is 11.6 Å². The molecule has 5 aromatic rings. The third-order valence-electron chi connectivity index (χ3n) is 22.7. The molecule has 0 saturated carbocycles. The second-order valence-corrected chi connectivity index (χ2v) is 32.2. The summed E-state index contributed by atoms with van der Waals surface area (Å²) in [5.74, 6) is -0.538. The zero-order valence-electron chi connectivity index (χ0n) is 60.7. The van der Waals surface area contributed by atoms with Crippen molar-refractivity contribution in [3.63, 3.8) is 0 Å². The normalized spacial score (nSPS) is 13.7. The summed E-state index contributed by atoms with van der Waals surface area (Å²) < 4.78 is 52.9. The Hall–Kier alpha value is -2.47. The van der Waals surface area contributed by atoms with Gasteiger partial charge in [-0.3, -0.25) is 0 Å². The van der Waals surface area contributed by atoms with Gasteiger partial charge in [-0.15, -0.1) is 0 Å². The molecule has 0 unspecified atom stereocenters. The van der Waals surface area contributed by atoms with Crippen LogP contribution in [0.2, 0.25) is 0 Å². The van der Waals surface area contributed by atoms with E-state index in [1.165, 1.54) is 283 Å². The molecule has 7 rings (SSSR count). The Morgan fingerprint density at radius 3 is 0.777 bits per heavy atom. The summed E-state index contributed by atoms with van der Waals surface area (Å²) in [6.45, 7) is 9.19. The van der Waals surface area contributed by atoms with Gasteiger partial charge in [0, 0.05) is 52.3 Å². The Morgan fingerprint density at radius 1 is 0.298 bits per heavy atom. The van der Waals surface area contributed by atoms with Gasteiger partial charge in [0.25, 0.3) is 0 Å². The average molecular weight is 1480 g/mol. The fourth-order valence-corrected chi connectivity index (χ4v) is 18.3. The van der Waals surface area contributed by atoms with Crippen molar-refractivity contribution in [3.8, 4) is 22.3 Å². The maximum absolute atomic E-state index is 20.0. The molecule has 0 atom stereocenters. The van der Waals surface area contributed by atoms with Crippen molar-refractivity contribution in [2.75, 3.05) is 0 Å². The second-order valence-electron chi connectivity index (χ2n) is 30.2. The van der Waals surface area contributed by atoms with Crippen LogP contribution in [0.25, 0.3) is 44.3 Å². The molecule has 2 aliphatic carbocycles. The van der Waals surface area contributed by atoms with Crippen molar-refractivity contribution in [1.29, 1.82) is 0 Å². The van der Waals surface area contributed by atoms with Gasteiger partial charge in [0.05, 0.1) is 0 Å². The Balaban J connectivity index is 1.18. The Kier molecular flexibility index (Phi) is 38.6.